The number of anilines is 1. The van der Waals surface area contributed by atoms with Crippen molar-refractivity contribution in [2.45, 2.75) is 30.7 Å². The van der Waals surface area contributed by atoms with Gasteiger partial charge in [-0.2, -0.15) is 0 Å². The first kappa shape index (κ1) is 21.1. The molecule has 0 radical (unpaired) electrons. The Hall–Kier alpha value is -3.11. The molecule has 0 atom stereocenters. The minimum Gasteiger partial charge on any atom is -0.454 e. The zero-order valence-electron chi connectivity index (χ0n) is 17.0. The molecule has 164 valence electrons. The number of amides is 2. The van der Waals surface area contributed by atoms with Gasteiger partial charge in [-0.3, -0.25) is 9.59 Å². The highest BCUT2D eigenvalue weighted by atomic mass is 32.2. The van der Waals surface area contributed by atoms with Crippen molar-refractivity contribution in [1.82, 2.24) is 9.62 Å². The van der Waals surface area contributed by atoms with Gasteiger partial charge in [-0.15, -0.1) is 0 Å². The van der Waals surface area contributed by atoms with Crippen molar-refractivity contribution in [1.29, 1.82) is 0 Å². The number of likely N-dealkylation sites (tertiary alicyclic amines) is 1. The maximum absolute atomic E-state index is 12.8. The molecular formula is C21H23N3O6S. The van der Waals surface area contributed by atoms with Crippen molar-refractivity contribution >= 4 is 27.5 Å². The van der Waals surface area contributed by atoms with Crippen LogP contribution in [0.5, 0.6) is 11.5 Å². The number of rotatable bonds is 5. The number of sulfonamides is 1. The highest BCUT2D eigenvalue weighted by Gasteiger charge is 2.28. The number of hydrogen-bond donors (Lipinski definition) is 2. The molecular weight excluding hydrogens is 422 g/mol. The highest BCUT2D eigenvalue weighted by Crippen LogP contribution is 2.33. The van der Waals surface area contributed by atoms with Crippen LogP contribution in [0.25, 0.3) is 0 Å². The fourth-order valence-corrected chi connectivity index (χ4v) is 4.93. The molecule has 0 saturated carbocycles. The lowest BCUT2D eigenvalue weighted by atomic mass is 10.0. The topological polar surface area (TPSA) is 114 Å². The summed E-state index contributed by atoms with van der Waals surface area (Å²) in [5.74, 6) is 0.830. The third-order valence-corrected chi connectivity index (χ3v) is 6.74. The van der Waals surface area contributed by atoms with Crippen LogP contribution >= 0.6 is 0 Å². The fourth-order valence-electron chi connectivity index (χ4n) is 3.62. The molecule has 2 N–H and O–H groups in total. The molecule has 0 aromatic heterocycles. The summed E-state index contributed by atoms with van der Waals surface area (Å²) in [5, 5.41) is 2.60. The zero-order chi connectivity index (χ0) is 22.0. The molecule has 1 saturated heterocycles. The van der Waals surface area contributed by atoms with E-state index < -0.39 is 10.0 Å². The van der Waals surface area contributed by atoms with E-state index in [4.69, 9.17) is 9.47 Å². The molecule has 2 aliphatic heterocycles. The Bertz CT molecular complexity index is 1090. The lowest BCUT2D eigenvalue weighted by molar-refractivity contribution is -0.114. The van der Waals surface area contributed by atoms with E-state index in [0.717, 1.165) is 0 Å². The van der Waals surface area contributed by atoms with E-state index in [0.29, 0.717) is 48.7 Å². The van der Waals surface area contributed by atoms with Gasteiger partial charge in [0.25, 0.3) is 5.91 Å². The SMILES string of the molecule is CC(=O)Nc1ccc(S(=O)(=O)NC2CCN(C(=O)c3ccc4c(c3)OCO4)CC2)cc1. The number of nitrogens with one attached hydrogen (secondary N) is 2. The van der Waals surface area contributed by atoms with Crippen molar-refractivity contribution in [2.75, 3.05) is 25.2 Å². The summed E-state index contributed by atoms with van der Waals surface area (Å²) in [7, 11) is -3.70. The molecule has 2 heterocycles. The Labute approximate surface area is 180 Å². The Kier molecular flexibility index (Phi) is 5.84. The largest absolute Gasteiger partial charge is 0.454 e. The van der Waals surface area contributed by atoms with Crippen LogP contribution in [-0.2, 0) is 14.8 Å². The molecule has 2 amide bonds. The van der Waals surface area contributed by atoms with Crippen LogP contribution in [0.4, 0.5) is 5.69 Å². The Morgan fingerprint density at radius 2 is 1.68 bits per heavy atom. The van der Waals surface area contributed by atoms with Crippen molar-refractivity contribution in [3.05, 3.63) is 48.0 Å². The number of piperidine rings is 1. The first-order valence-electron chi connectivity index (χ1n) is 9.91. The van der Waals surface area contributed by atoms with Gasteiger partial charge in [0.1, 0.15) is 0 Å². The molecule has 31 heavy (non-hydrogen) atoms. The number of ether oxygens (including phenoxy) is 2. The highest BCUT2D eigenvalue weighted by molar-refractivity contribution is 7.89. The summed E-state index contributed by atoms with van der Waals surface area (Å²) in [6, 6.07) is 10.8. The maximum atomic E-state index is 12.8. The van der Waals surface area contributed by atoms with Gasteiger partial charge in [0.15, 0.2) is 11.5 Å². The van der Waals surface area contributed by atoms with Crippen molar-refractivity contribution < 1.29 is 27.5 Å². The molecule has 4 rings (SSSR count). The first-order chi connectivity index (χ1) is 14.8. The quantitative estimate of drug-likeness (QED) is 0.727. The number of hydrogen-bond acceptors (Lipinski definition) is 6. The summed E-state index contributed by atoms with van der Waals surface area (Å²) in [6.07, 6.45) is 1.03. The van der Waals surface area contributed by atoms with Crippen molar-refractivity contribution in [2.24, 2.45) is 0 Å². The predicted octanol–water partition coefficient (Wildman–Crippen LogP) is 1.96. The standard InChI is InChI=1S/C21H23N3O6S/c1-14(25)22-16-3-5-18(6-4-16)31(27,28)23-17-8-10-24(11-9-17)21(26)15-2-7-19-20(12-15)30-13-29-19/h2-7,12,17,23H,8-11,13H2,1H3,(H,22,25). The molecule has 9 nitrogen and oxygen atoms in total. The maximum Gasteiger partial charge on any atom is 0.253 e. The van der Waals surface area contributed by atoms with Gasteiger partial charge >= 0.3 is 0 Å². The van der Waals surface area contributed by atoms with E-state index in [2.05, 4.69) is 10.0 Å². The van der Waals surface area contributed by atoms with Crippen LogP contribution in [0.15, 0.2) is 47.4 Å². The van der Waals surface area contributed by atoms with Gasteiger partial charge in [-0.25, -0.2) is 13.1 Å². The Morgan fingerprint density at radius 1 is 1.00 bits per heavy atom. The molecule has 10 heteroatoms. The van der Waals surface area contributed by atoms with E-state index in [-0.39, 0.29) is 29.5 Å². The van der Waals surface area contributed by atoms with Gasteiger partial charge in [0.2, 0.25) is 22.7 Å². The molecule has 1 fully saturated rings. The molecule has 2 aromatic rings. The smallest absolute Gasteiger partial charge is 0.253 e. The van der Waals surface area contributed by atoms with E-state index in [9.17, 15) is 18.0 Å². The van der Waals surface area contributed by atoms with Crippen LogP contribution in [0.2, 0.25) is 0 Å². The molecule has 2 aromatic carbocycles. The third-order valence-electron chi connectivity index (χ3n) is 5.21. The van der Waals surface area contributed by atoms with Gasteiger partial charge < -0.3 is 19.7 Å². The number of fused-ring (bicyclic) bond motifs is 1. The molecule has 0 spiro atoms. The second-order valence-electron chi connectivity index (χ2n) is 7.46. The minimum atomic E-state index is -3.70. The average molecular weight is 445 g/mol. The molecule has 2 aliphatic rings. The van der Waals surface area contributed by atoms with Crippen molar-refractivity contribution in [3.63, 3.8) is 0 Å². The lowest BCUT2D eigenvalue weighted by Gasteiger charge is -2.32. The number of carbonyl (C=O) groups is 2. The second kappa shape index (κ2) is 8.56. The lowest BCUT2D eigenvalue weighted by Crippen LogP contribution is -2.46. The second-order valence-corrected chi connectivity index (χ2v) is 9.18. The van der Waals surface area contributed by atoms with E-state index >= 15 is 0 Å². The number of benzene rings is 2. The Morgan fingerprint density at radius 3 is 2.35 bits per heavy atom. The zero-order valence-corrected chi connectivity index (χ0v) is 17.8. The van der Waals surface area contributed by atoms with Crippen molar-refractivity contribution in [3.8, 4) is 11.5 Å². The van der Waals surface area contributed by atoms with Gasteiger partial charge in [-0.05, 0) is 55.3 Å². The van der Waals surface area contributed by atoms with E-state index in [1.807, 2.05) is 0 Å². The van der Waals surface area contributed by atoms with Crippen LogP contribution < -0.4 is 19.5 Å². The third kappa shape index (κ3) is 4.80. The molecule has 0 unspecified atom stereocenters. The summed E-state index contributed by atoms with van der Waals surface area (Å²) < 4.78 is 38.7. The fraction of sp³-hybridized carbons (Fsp3) is 0.333. The van der Waals surface area contributed by atoms with Gasteiger partial charge in [-0.1, -0.05) is 0 Å². The van der Waals surface area contributed by atoms with E-state index in [1.165, 1.54) is 19.1 Å². The minimum absolute atomic E-state index is 0.117. The first-order valence-corrected chi connectivity index (χ1v) is 11.4. The van der Waals surface area contributed by atoms with Crippen LogP contribution in [0.1, 0.15) is 30.1 Å². The van der Waals surface area contributed by atoms with Crippen LogP contribution in [0, 0.1) is 0 Å². The Balaban J connectivity index is 1.34. The van der Waals surface area contributed by atoms with E-state index in [1.54, 1.807) is 35.2 Å². The number of nitrogens with zero attached hydrogens (tertiary/aromatic N) is 1. The monoisotopic (exact) mass is 445 g/mol. The average Bonchev–Trinajstić information content (AvgIpc) is 3.21. The summed E-state index contributed by atoms with van der Waals surface area (Å²) in [4.78, 5) is 25.7. The van der Waals surface area contributed by atoms with Gasteiger partial charge in [0.05, 0.1) is 4.90 Å². The summed E-state index contributed by atoms with van der Waals surface area (Å²) in [5.41, 5.74) is 1.05. The molecule has 0 bridgehead atoms. The normalized spacial score (nSPS) is 16.2. The van der Waals surface area contributed by atoms with Crippen LogP contribution in [0.3, 0.4) is 0 Å². The van der Waals surface area contributed by atoms with Crippen LogP contribution in [-0.4, -0.2) is 51.1 Å². The predicted molar refractivity (Wildman–Crippen MR) is 113 cm³/mol. The summed E-state index contributed by atoms with van der Waals surface area (Å²) in [6.45, 7) is 2.42. The molecule has 0 aliphatic carbocycles. The van der Waals surface area contributed by atoms with Gasteiger partial charge in [0, 0.05) is 37.3 Å². The number of carbonyl (C=O) groups excluding carboxylic acids is 2. The summed E-state index contributed by atoms with van der Waals surface area (Å²) >= 11 is 0.